The SMILES string of the molecule is CCOC(=O)c1nc2ccccc2n1S(=O)(=O)c1ccc([N+](=O)[O-])cc1. The van der Waals surface area contributed by atoms with Gasteiger partial charge in [-0.15, -0.1) is 0 Å². The molecule has 0 unspecified atom stereocenters. The van der Waals surface area contributed by atoms with Crippen LogP contribution < -0.4 is 0 Å². The Morgan fingerprint density at radius 1 is 1.19 bits per heavy atom. The standard InChI is InChI=1S/C16H13N3O6S/c1-2-25-16(20)15-17-13-5-3-4-6-14(13)18(15)26(23,24)12-9-7-11(8-10-12)19(21)22/h3-10H,2H2,1H3. The van der Waals surface area contributed by atoms with Crippen LogP contribution in [0, 0.1) is 10.1 Å². The molecule has 3 aromatic rings. The molecule has 0 amide bonds. The Kier molecular flexibility index (Phi) is 4.43. The lowest BCUT2D eigenvalue weighted by Crippen LogP contribution is -2.20. The summed E-state index contributed by atoms with van der Waals surface area (Å²) in [4.78, 5) is 26.2. The van der Waals surface area contributed by atoms with Gasteiger partial charge in [0, 0.05) is 12.1 Å². The monoisotopic (exact) mass is 375 g/mol. The summed E-state index contributed by atoms with van der Waals surface area (Å²) in [6.45, 7) is 1.65. The molecule has 0 atom stereocenters. The Labute approximate surface area is 148 Å². The molecule has 2 aromatic carbocycles. The molecule has 134 valence electrons. The van der Waals surface area contributed by atoms with Crippen LogP contribution in [0.1, 0.15) is 17.5 Å². The summed E-state index contributed by atoms with van der Waals surface area (Å²) in [7, 11) is -4.23. The van der Waals surface area contributed by atoms with E-state index in [1.54, 1.807) is 25.1 Å². The van der Waals surface area contributed by atoms with Crippen LogP contribution in [0.15, 0.2) is 53.4 Å². The smallest absolute Gasteiger partial charge is 0.375 e. The molecular weight excluding hydrogens is 362 g/mol. The summed E-state index contributed by atoms with van der Waals surface area (Å²) in [5, 5.41) is 10.8. The van der Waals surface area contributed by atoms with E-state index in [9.17, 15) is 23.3 Å². The Balaban J connectivity index is 2.23. The van der Waals surface area contributed by atoms with Gasteiger partial charge >= 0.3 is 5.97 Å². The van der Waals surface area contributed by atoms with Gasteiger partial charge in [0.25, 0.3) is 15.7 Å². The molecular formula is C16H13N3O6S. The van der Waals surface area contributed by atoms with Crippen LogP contribution in [-0.2, 0) is 14.8 Å². The van der Waals surface area contributed by atoms with Gasteiger partial charge in [-0.05, 0) is 31.2 Å². The molecule has 0 aliphatic carbocycles. The molecule has 9 nitrogen and oxygen atoms in total. The van der Waals surface area contributed by atoms with Gasteiger partial charge in [-0.3, -0.25) is 10.1 Å². The van der Waals surface area contributed by atoms with Crippen LogP contribution in [0.25, 0.3) is 11.0 Å². The topological polar surface area (TPSA) is 121 Å². The van der Waals surface area contributed by atoms with Gasteiger partial charge in [-0.2, -0.15) is 0 Å². The minimum atomic E-state index is -4.23. The number of hydrogen-bond acceptors (Lipinski definition) is 7. The Morgan fingerprint density at radius 2 is 1.85 bits per heavy atom. The van der Waals surface area contributed by atoms with Crippen molar-refractivity contribution in [3.8, 4) is 0 Å². The maximum atomic E-state index is 13.1. The molecule has 3 rings (SSSR count). The van der Waals surface area contributed by atoms with Crippen molar-refractivity contribution in [3.63, 3.8) is 0 Å². The highest BCUT2D eigenvalue weighted by Crippen LogP contribution is 2.25. The third-order valence-corrected chi connectivity index (χ3v) is 5.28. The number of carbonyl (C=O) groups is 1. The largest absolute Gasteiger partial charge is 0.460 e. The molecule has 0 aliphatic rings. The van der Waals surface area contributed by atoms with Crippen molar-refractivity contribution in [1.29, 1.82) is 0 Å². The van der Waals surface area contributed by atoms with Crippen LogP contribution in [0.3, 0.4) is 0 Å². The molecule has 0 radical (unpaired) electrons. The van der Waals surface area contributed by atoms with E-state index in [4.69, 9.17) is 4.74 Å². The molecule has 0 fully saturated rings. The number of nitro groups is 1. The lowest BCUT2D eigenvalue weighted by atomic mass is 10.3. The van der Waals surface area contributed by atoms with Gasteiger partial charge in [0.1, 0.15) is 0 Å². The molecule has 0 saturated heterocycles. The zero-order valence-electron chi connectivity index (χ0n) is 13.5. The Bertz CT molecular complexity index is 1100. The second-order valence-electron chi connectivity index (χ2n) is 5.17. The normalized spacial score (nSPS) is 11.4. The van der Waals surface area contributed by atoms with Crippen molar-refractivity contribution in [3.05, 3.63) is 64.5 Å². The summed E-state index contributed by atoms with van der Waals surface area (Å²) < 4.78 is 31.8. The van der Waals surface area contributed by atoms with E-state index in [0.29, 0.717) is 5.52 Å². The number of ether oxygens (including phenoxy) is 1. The minimum Gasteiger partial charge on any atom is -0.460 e. The van der Waals surface area contributed by atoms with E-state index in [0.717, 1.165) is 28.2 Å². The fourth-order valence-corrected chi connectivity index (χ4v) is 3.86. The number of fused-ring (bicyclic) bond motifs is 1. The highest BCUT2D eigenvalue weighted by molar-refractivity contribution is 7.90. The first kappa shape index (κ1) is 17.5. The van der Waals surface area contributed by atoms with Crippen molar-refractivity contribution in [2.45, 2.75) is 11.8 Å². The van der Waals surface area contributed by atoms with Gasteiger partial charge < -0.3 is 4.74 Å². The molecule has 0 bridgehead atoms. The lowest BCUT2D eigenvalue weighted by Gasteiger charge is -2.10. The van der Waals surface area contributed by atoms with E-state index in [1.165, 1.54) is 6.07 Å². The maximum Gasteiger partial charge on any atom is 0.375 e. The van der Waals surface area contributed by atoms with Crippen LogP contribution in [0.2, 0.25) is 0 Å². The van der Waals surface area contributed by atoms with Gasteiger partial charge in [-0.25, -0.2) is 22.2 Å². The van der Waals surface area contributed by atoms with Crippen molar-refractivity contribution in [2.75, 3.05) is 6.61 Å². The number of esters is 1. The van der Waals surface area contributed by atoms with Crippen LogP contribution in [-0.4, -0.2) is 34.9 Å². The summed E-state index contributed by atoms with van der Waals surface area (Å²) in [6, 6.07) is 10.7. The summed E-state index contributed by atoms with van der Waals surface area (Å²) in [6.07, 6.45) is 0. The molecule has 0 N–H and O–H groups in total. The van der Waals surface area contributed by atoms with Gasteiger partial charge in [0.15, 0.2) is 0 Å². The van der Waals surface area contributed by atoms with Crippen molar-refractivity contribution in [2.24, 2.45) is 0 Å². The highest BCUT2D eigenvalue weighted by atomic mass is 32.2. The average Bonchev–Trinajstić information content (AvgIpc) is 3.02. The second-order valence-corrected chi connectivity index (χ2v) is 6.95. The number of benzene rings is 2. The first-order valence-corrected chi connectivity index (χ1v) is 8.95. The predicted octanol–water partition coefficient (Wildman–Crippen LogP) is 2.36. The van der Waals surface area contributed by atoms with Crippen molar-refractivity contribution >= 4 is 32.7 Å². The van der Waals surface area contributed by atoms with E-state index in [-0.39, 0.29) is 28.5 Å². The number of hydrogen-bond donors (Lipinski definition) is 0. The first-order chi connectivity index (χ1) is 12.4. The summed E-state index contributed by atoms with van der Waals surface area (Å²) in [5.41, 5.74) is 0.264. The van der Waals surface area contributed by atoms with Crippen LogP contribution in [0.5, 0.6) is 0 Å². The number of para-hydroxylation sites is 2. The third kappa shape index (κ3) is 2.90. The van der Waals surface area contributed by atoms with E-state index >= 15 is 0 Å². The summed E-state index contributed by atoms with van der Waals surface area (Å²) >= 11 is 0. The van der Waals surface area contributed by atoms with Crippen LogP contribution >= 0.6 is 0 Å². The zero-order chi connectivity index (χ0) is 18.9. The second kappa shape index (κ2) is 6.56. The Morgan fingerprint density at radius 3 is 2.46 bits per heavy atom. The molecule has 0 aliphatic heterocycles. The molecule has 0 saturated carbocycles. The third-order valence-electron chi connectivity index (χ3n) is 3.56. The van der Waals surface area contributed by atoms with Crippen molar-refractivity contribution in [1.82, 2.24) is 8.96 Å². The molecule has 26 heavy (non-hydrogen) atoms. The first-order valence-electron chi connectivity index (χ1n) is 7.51. The van der Waals surface area contributed by atoms with Crippen LogP contribution in [0.4, 0.5) is 5.69 Å². The molecule has 10 heteroatoms. The molecule has 1 aromatic heterocycles. The Hall–Kier alpha value is -3.27. The van der Waals surface area contributed by atoms with Gasteiger partial charge in [-0.1, -0.05) is 12.1 Å². The fraction of sp³-hybridized carbons (Fsp3) is 0.125. The molecule has 0 spiro atoms. The lowest BCUT2D eigenvalue weighted by molar-refractivity contribution is -0.384. The number of nitrogens with zero attached hydrogens (tertiary/aromatic N) is 3. The van der Waals surface area contributed by atoms with Gasteiger partial charge in [0.05, 0.1) is 27.5 Å². The number of nitro benzene ring substituents is 1. The summed E-state index contributed by atoms with van der Waals surface area (Å²) in [5.74, 6) is -1.26. The van der Waals surface area contributed by atoms with E-state index in [1.807, 2.05) is 0 Å². The molecule has 1 heterocycles. The predicted molar refractivity (Wildman–Crippen MR) is 91.4 cm³/mol. The van der Waals surface area contributed by atoms with E-state index < -0.39 is 20.9 Å². The fourth-order valence-electron chi connectivity index (χ4n) is 2.42. The number of non-ortho nitro benzene ring substituents is 1. The van der Waals surface area contributed by atoms with Crippen molar-refractivity contribution < 1.29 is 22.9 Å². The number of carbonyl (C=O) groups excluding carboxylic acids is 1. The average molecular weight is 375 g/mol. The minimum absolute atomic E-state index is 0.0552. The number of imidazole rings is 1. The van der Waals surface area contributed by atoms with E-state index in [2.05, 4.69) is 4.98 Å². The maximum absolute atomic E-state index is 13.1. The van der Waals surface area contributed by atoms with Gasteiger partial charge in [0.2, 0.25) is 5.82 Å². The highest BCUT2D eigenvalue weighted by Gasteiger charge is 2.29. The number of rotatable bonds is 5. The number of aromatic nitrogens is 2. The zero-order valence-corrected chi connectivity index (χ0v) is 14.3. The quantitative estimate of drug-likeness (QED) is 0.381.